The Morgan fingerprint density at radius 1 is 1.60 bits per heavy atom. The van der Waals surface area contributed by atoms with Crippen LogP contribution in [0, 0.1) is 11.8 Å². The minimum Gasteiger partial charge on any atom is -0.384 e. The number of thioether (sulfide) groups is 1. The van der Waals surface area contributed by atoms with Crippen molar-refractivity contribution < 1.29 is 9.90 Å². The summed E-state index contributed by atoms with van der Waals surface area (Å²) in [5, 5.41) is 11.7. The summed E-state index contributed by atoms with van der Waals surface area (Å²) >= 11 is 1.86. The monoisotopic (exact) mass is 292 g/mol. The van der Waals surface area contributed by atoms with E-state index in [-0.39, 0.29) is 18.6 Å². The number of nitrogens with one attached hydrogen (secondary N) is 1. The molecule has 0 aliphatic rings. The molecule has 4 nitrogen and oxygen atoms in total. The van der Waals surface area contributed by atoms with Crippen LogP contribution < -0.4 is 5.32 Å². The number of amides is 1. The van der Waals surface area contributed by atoms with Crippen LogP contribution in [0.2, 0.25) is 0 Å². The lowest BCUT2D eigenvalue weighted by Gasteiger charge is -2.14. The van der Waals surface area contributed by atoms with E-state index in [9.17, 15) is 4.79 Å². The maximum Gasteiger partial charge on any atom is 0.252 e. The maximum atomic E-state index is 12.2. The van der Waals surface area contributed by atoms with Gasteiger partial charge in [0.1, 0.15) is 6.61 Å². The number of carbonyl (C=O) groups excluding carboxylic acids is 1. The lowest BCUT2D eigenvalue weighted by Crippen LogP contribution is -2.33. The third-order valence-corrected chi connectivity index (χ3v) is 3.58. The van der Waals surface area contributed by atoms with Crippen molar-refractivity contribution in [3.05, 3.63) is 29.6 Å². The van der Waals surface area contributed by atoms with E-state index in [1.807, 2.05) is 18.7 Å². The molecule has 1 aromatic heterocycles. The van der Waals surface area contributed by atoms with Gasteiger partial charge in [0, 0.05) is 18.4 Å². The highest BCUT2D eigenvalue weighted by Crippen LogP contribution is 2.08. The Bertz CT molecular complexity index is 494. The van der Waals surface area contributed by atoms with Gasteiger partial charge < -0.3 is 10.4 Å². The summed E-state index contributed by atoms with van der Waals surface area (Å²) in [6.07, 6.45) is 4.04. The van der Waals surface area contributed by atoms with Gasteiger partial charge in [0.2, 0.25) is 0 Å². The highest BCUT2D eigenvalue weighted by Gasteiger charge is 2.12. The fourth-order valence-corrected chi connectivity index (χ4v) is 2.41. The smallest absolute Gasteiger partial charge is 0.252 e. The minimum absolute atomic E-state index is 0.119. The normalized spacial score (nSPS) is 11.3. The van der Waals surface area contributed by atoms with E-state index in [4.69, 9.17) is 5.11 Å². The number of aromatic nitrogens is 1. The molecule has 0 saturated heterocycles. The second kappa shape index (κ2) is 9.40. The summed E-state index contributed by atoms with van der Waals surface area (Å²) in [5.41, 5.74) is 1.03. The zero-order valence-corrected chi connectivity index (χ0v) is 12.7. The zero-order chi connectivity index (χ0) is 14.8. The van der Waals surface area contributed by atoms with Crippen LogP contribution in [0.1, 0.15) is 36.2 Å². The molecule has 1 heterocycles. The Morgan fingerprint density at radius 2 is 2.40 bits per heavy atom. The van der Waals surface area contributed by atoms with Gasteiger partial charge in [-0.3, -0.25) is 9.78 Å². The predicted molar refractivity (Wildman–Crippen MR) is 82.7 cm³/mol. The SMILES string of the molecule is CCSCCC(C)NC(=O)c1ccncc1C#CCO. The maximum absolute atomic E-state index is 12.2. The first-order chi connectivity index (χ1) is 9.69. The van der Waals surface area contributed by atoms with Gasteiger partial charge >= 0.3 is 0 Å². The number of hydrogen-bond acceptors (Lipinski definition) is 4. The standard InChI is InChI=1S/C15H20N2O2S/c1-3-20-10-7-12(2)17-15(19)14-6-8-16-11-13(14)5-4-9-18/h6,8,11-12,18H,3,7,9-10H2,1-2H3,(H,17,19). The van der Waals surface area contributed by atoms with Gasteiger partial charge in [0.25, 0.3) is 5.91 Å². The van der Waals surface area contributed by atoms with Crippen molar-refractivity contribution in [1.82, 2.24) is 10.3 Å². The zero-order valence-electron chi connectivity index (χ0n) is 11.8. The van der Waals surface area contributed by atoms with Crippen LogP contribution in [0.25, 0.3) is 0 Å². The number of hydrogen-bond donors (Lipinski definition) is 2. The van der Waals surface area contributed by atoms with E-state index >= 15 is 0 Å². The van der Waals surface area contributed by atoms with Crippen molar-refractivity contribution >= 4 is 17.7 Å². The van der Waals surface area contributed by atoms with Crippen molar-refractivity contribution in [2.75, 3.05) is 18.1 Å². The van der Waals surface area contributed by atoms with E-state index in [1.54, 1.807) is 12.3 Å². The summed E-state index contributed by atoms with van der Waals surface area (Å²) in [6.45, 7) is 3.88. The van der Waals surface area contributed by atoms with Gasteiger partial charge in [-0.2, -0.15) is 11.8 Å². The van der Waals surface area contributed by atoms with Crippen molar-refractivity contribution in [2.24, 2.45) is 0 Å². The van der Waals surface area contributed by atoms with Crippen LogP contribution in [0.15, 0.2) is 18.5 Å². The Morgan fingerprint density at radius 3 is 3.10 bits per heavy atom. The fourth-order valence-electron chi connectivity index (χ4n) is 1.60. The van der Waals surface area contributed by atoms with Crippen LogP contribution in [0.4, 0.5) is 0 Å². The summed E-state index contributed by atoms with van der Waals surface area (Å²) in [5.74, 6) is 7.25. The molecule has 20 heavy (non-hydrogen) atoms. The third kappa shape index (κ3) is 5.64. The van der Waals surface area contributed by atoms with Gasteiger partial charge in [-0.15, -0.1) is 0 Å². The molecular weight excluding hydrogens is 272 g/mol. The lowest BCUT2D eigenvalue weighted by atomic mass is 10.1. The highest BCUT2D eigenvalue weighted by atomic mass is 32.2. The number of nitrogens with zero attached hydrogens (tertiary/aromatic N) is 1. The number of pyridine rings is 1. The molecule has 1 amide bonds. The summed E-state index contributed by atoms with van der Waals surface area (Å²) in [4.78, 5) is 16.1. The molecule has 5 heteroatoms. The van der Waals surface area contributed by atoms with E-state index in [2.05, 4.69) is 29.1 Å². The Balaban J connectivity index is 2.67. The quantitative estimate of drug-likeness (QED) is 0.619. The Labute approximate surface area is 124 Å². The molecule has 0 aliphatic carbocycles. The molecule has 0 saturated carbocycles. The van der Waals surface area contributed by atoms with Gasteiger partial charge in [-0.25, -0.2) is 0 Å². The van der Waals surface area contributed by atoms with Crippen molar-refractivity contribution in [2.45, 2.75) is 26.3 Å². The molecule has 2 N–H and O–H groups in total. The molecule has 1 atom stereocenters. The molecule has 1 rings (SSSR count). The minimum atomic E-state index is -0.236. The topological polar surface area (TPSA) is 62.2 Å². The van der Waals surface area contributed by atoms with E-state index in [1.165, 1.54) is 6.20 Å². The molecule has 0 radical (unpaired) electrons. The molecule has 108 valence electrons. The molecule has 0 fully saturated rings. The number of aliphatic hydroxyl groups excluding tert-OH is 1. The molecule has 0 aliphatic heterocycles. The first kappa shape index (κ1) is 16.5. The van der Waals surface area contributed by atoms with Gasteiger partial charge in [-0.1, -0.05) is 18.8 Å². The number of carbonyl (C=O) groups is 1. The average Bonchev–Trinajstić information content (AvgIpc) is 2.45. The largest absolute Gasteiger partial charge is 0.384 e. The average molecular weight is 292 g/mol. The van der Waals surface area contributed by atoms with Crippen molar-refractivity contribution in [1.29, 1.82) is 0 Å². The molecule has 1 unspecified atom stereocenters. The third-order valence-electron chi connectivity index (χ3n) is 2.64. The Kier molecular flexibility index (Phi) is 7.78. The first-order valence-corrected chi connectivity index (χ1v) is 7.76. The van der Waals surface area contributed by atoms with Gasteiger partial charge in [0.05, 0.1) is 11.1 Å². The highest BCUT2D eigenvalue weighted by molar-refractivity contribution is 7.99. The van der Waals surface area contributed by atoms with Crippen molar-refractivity contribution in [3.63, 3.8) is 0 Å². The van der Waals surface area contributed by atoms with Gasteiger partial charge in [-0.05, 0) is 30.9 Å². The van der Waals surface area contributed by atoms with Crippen LogP contribution in [-0.2, 0) is 0 Å². The van der Waals surface area contributed by atoms with Crippen LogP contribution in [-0.4, -0.2) is 40.2 Å². The molecule has 1 aromatic rings. The number of aliphatic hydroxyl groups is 1. The van der Waals surface area contributed by atoms with Gasteiger partial charge in [0.15, 0.2) is 0 Å². The van der Waals surface area contributed by atoms with E-state index in [0.717, 1.165) is 17.9 Å². The van der Waals surface area contributed by atoms with Crippen LogP contribution >= 0.6 is 11.8 Å². The molecule has 0 spiro atoms. The molecule has 0 aromatic carbocycles. The first-order valence-electron chi connectivity index (χ1n) is 6.61. The number of rotatable bonds is 6. The summed E-state index contributed by atoms with van der Waals surface area (Å²) in [7, 11) is 0. The molecule has 0 bridgehead atoms. The summed E-state index contributed by atoms with van der Waals surface area (Å²) < 4.78 is 0. The predicted octanol–water partition coefficient (Wildman–Crippen LogP) is 1.69. The van der Waals surface area contributed by atoms with Crippen LogP contribution in [0.3, 0.4) is 0 Å². The van der Waals surface area contributed by atoms with Crippen molar-refractivity contribution in [3.8, 4) is 11.8 Å². The van der Waals surface area contributed by atoms with E-state index in [0.29, 0.717) is 11.1 Å². The summed E-state index contributed by atoms with van der Waals surface area (Å²) in [6, 6.07) is 1.76. The lowest BCUT2D eigenvalue weighted by molar-refractivity contribution is 0.0939. The van der Waals surface area contributed by atoms with E-state index < -0.39 is 0 Å². The van der Waals surface area contributed by atoms with Crippen LogP contribution in [0.5, 0.6) is 0 Å². The Hall–Kier alpha value is -1.51. The fraction of sp³-hybridized carbons (Fsp3) is 0.467. The second-order valence-corrected chi connectivity index (χ2v) is 5.64. The second-order valence-electron chi connectivity index (χ2n) is 4.24. The molecular formula is C15H20N2O2S.